The summed E-state index contributed by atoms with van der Waals surface area (Å²) < 4.78 is 5.23. The fourth-order valence-electron chi connectivity index (χ4n) is 2.02. The number of hydrogen-bond donors (Lipinski definition) is 2. The van der Waals surface area contributed by atoms with Gasteiger partial charge >= 0.3 is 0 Å². The van der Waals surface area contributed by atoms with Crippen molar-refractivity contribution in [1.29, 1.82) is 0 Å². The number of benzene rings is 1. The number of rotatable bonds is 6. The molecular formula is C15H20N4O. The zero-order chi connectivity index (χ0) is 14.4. The molecule has 2 rings (SSSR count). The SMILES string of the molecule is COc1c(N)ncnc1NC(C)CCc1ccccc1. The van der Waals surface area contributed by atoms with Gasteiger partial charge in [-0.2, -0.15) is 0 Å². The van der Waals surface area contributed by atoms with Crippen molar-refractivity contribution in [3.8, 4) is 5.75 Å². The fraction of sp³-hybridized carbons (Fsp3) is 0.333. The molecule has 5 heteroatoms. The van der Waals surface area contributed by atoms with E-state index in [1.54, 1.807) is 7.11 Å². The van der Waals surface area contributed by atoms with E-state index < -0.39 is 0 Å². The van der Waals surface area contributed by atoms with Crippen molar-refractivity contribution in [3.63, 3.8) is 0 Å². The normalized spacial score (nSPS) is 11.9. The van der Waals surface area contributed by atoms with Crippen molar-refractivity contribution in [1.82, 2.24) is 9.97 Å². The molecule has 0 bridgehead atoms. The molecular weight excluding hydrogens is 252 g/mol. The Morgan fingerprint density at radius 1 is 1.25 bits per heavy atom. The number of aryl methyl sites for hydroxylation is 1. The van der Waals surface area contributed by atoms with Gasteiger partial charge in [0.05, 0.1) is 7.11 Å². The van der Waals surface area contributed by atoms with Crippen LogP contribution in [0.25, 0.3) is 0 Å². The minimum absolute atomic E-state index is 0.262. The lowest BCUT2D eigenvalue weighted by Crippen LogP contribution is -2.18. The molecule has 0 fully saturated rings. The zero-order valence-corrected chi connectivity index (χ0v) is 11.8. The van der Waals surface area contributed by atoms with Crippen molar-refractivity contribution in [2.45, 2.75) is 25.8 Å². The highest BCUT2D eigenvalue weighted by molar-refractivity contribution is 5.61. The maximum absolute atomic E-state index is 5.76. The molecule has 1 unspecified atom stereocenters. The molecule has 0 radical (unpaired) electrons. The zero-order valence-electron chi connectivity index (χ0n) is 11.8. The summed E-state index contributed by atoms with van der Waals surface area (Å²) in [7, 11) is 1.56. The molecule has 0 saturated heterocycles. The van der Waals surface area contributed by atoms with Crippen LogP contribution in [0.2, 0.25) is 0 Å². The average molecular weight is 272 g/mol. The molecule has 20 heavy (non-hydrogen) atoms. The van der Waals surface area contributed by atoms with E-state index in [0.717, 1.165) is 12.8 Å². The minimum atomic E-state index is 0.262. The molecule has 0 saturated carbocycles. The third-order valence-electron chi connectivity index (χ3n) is 3.13. The Balaban J connectivity index is 1.95. The molecule has 0 aliphatic rings. The number of methoxy groups -OCH3 is 1. The van der Waals surface area contributed by atoms with Crippen molar-refractivity contribution in [2.75, 3.05) is 18.2 Å². The number of anilines is 2. The van der Waals surface area contributed by atoms with Gasteiger partial charge in [-0.1, -0.05) is 30.3 Å². The lowest BCUT2D eigenvalue weighted by Gasteiger charge is -2.17. The minimum Gasteiger partial charge on any atom is -0.490 e. The molecule has 1 aromatic carbocycles. The lowest BCUT2D eigenvalue weighted by atomic mass is 10.1. The number of nitrogens with zero attached hydrogens (tertiary/aromatic N) is 2. The maximum atomic E-state index is 5.76. The van der Waals surface area contributed by atoms with Gasteiger partial charge in [0.15, 0.2) is 11.6 Å². The molecule has 1 heterocycles. The number of hydrogen-bond acceptors (Lipinski definition) is 5. The Kier molecular flexibility index (Phi) is 4.76. The van der Waals surface area contributed by atoms with Gasteiger partial charge in [0.2, 0.25) is 5.75 Å². The molecule has 106 valence electrons. The third kappa shape index (κ3) is 3.60. The first-order valence-electron chi connectivity index (χ1n) is 6.65. The Morgan fingerprint density at radius 2 is 2.00 bits per heavy atom. The van der Waals surface area contributed by atoms with Crippen molar-refractivity contribution >= 4 is 11.6 Å². The van der Waals surface area contributed by atoms with E-state index in [1.165, 1.54) is 11.9 Å². The number of nitrogens with two attached hydrogens (primary N) is 1. The van der Waals surface area contributed by atoms with E-state index in [4.69, 9.17) is 10.5 Å². The van der Waals surface area contributed by atoms with Gasteiger partial charge in [-0.05, 0) is 25.3 Å². The quantitative estimate of drug-likeness (QED) is 0.845. The predicted molar refractivity (Wildman–Crippen MR) is 80.8 cm³/mol. The second-order valence-corrected chi connectivity index (χ2v) is 4.71. The standard InChI is InChI=1S/C15H20N4O/c1-11(8-9-12-6-4-3-5-7-12)19-15-13(20-2)14(16)17-10-18-15/h3-7,10-11H,8-9H2,1-2H3,(H3,16,17,18,19). The summed E-state index contributed by atoms with van der Waals surface area (Å²) in [5.41, 5.74) is 7.09. The van der Waals surface area contributed by atoms with Gasteiger partial charge in [-0.25, -0.2) is 9.97 Å². The van der Waals surface area contributed by atoms with Crippen LogP contribution < -0.4 is 15.8 Å². The van der Waals surface area contributed by atoms with Crippen LogP contribution in [0.1, 0.15) is 18.9 Å². The molecule has 0 spiro atoms. The Hall–Kier alpha value is -2.30. The van der Waals surface area contributed by atoms with Gasteiger partial charge in [0, 0.05) is 6.04 Å². The molecule has 1 aromatic heterocycles. The van der Waals surface area contributed by atoms with Crippen LogP contribution in [0.15, 0.2) is 36.7 Å². The topological polar surface area (TPSA) is 73.1 Å². The maximum Gasteiger partial charge on any atom is 0.203 e. The Bertz CT molecular complexity index is 545. The van der Waals surface area contributed by atoms with E-state index in [2.05, 4.69) is 46.5 Å². The van der Waals surface area contributed by atoms with Crippen LogP contribution in [-0.2, 0) is 6.42 Å². The summed E-state index contributed by atoms with van der Waals surface area (Å²) in [6.45, 7) is 2.11. The highest BCUT2D eigenvalue weighted by Crippen LogP contribution is 2.27. The van der Waals surface area contributed by atoms with Gasteiger partial charge in [-0.15, -0.1) is 0 Å². The highest BCUT2D eigenvalue weighted by Gasteiger charge is 2.11. The summed E-state index contributed by atoms with van der Waals surface area (Å²) in [5.74, 6) is 1.49. The fourth-order valence-corrected chi connectivity index (χ4v) is 2.02. The first kappa shape index (κ1) is 14.1. The summed E-state index contributed by atoms with van der Waals surface area (Å²) in [5, 5.41) is 3.32. The molecule has 0 aliphatic carbocycles. The molecule has 0 amide bonds. The highest BCUT2D eigenvalue weighted by atomic mass is 16.5. The first-order chi connectivity index (χ1) is 9.70. The summed E-state index contributed by atoms with van der Waals surface area (Å²) >= 11 is 0. The van der Waals surface area contributed by atoms with Crippen LogP contribution in [-0.4, -0.2) is 23.1 Å². The summed E-state index contributed by atoms with van der Waals surface area (Å²) in [6, 6.07) is 10.7. The Morgan fingerprint density at radius 3 is 2.70 bits per heavy atom. The van der Waals surface area contributed by atoms with Crippen molar-refractivity contribution < 1.29 is 4.74 Å². The first-order valence-corrected chi connectivity index (χ1v) is 6.65. The number of nitrogen functional groups attached to an aromatic ring is 1. The van der Waals surface area contributed by atoms with E-state index in [9.17, 15) is 0 Å². The molecule has 2 aromatic rings. The van der Waals surface area contributed by atoms with Gasteiger partial charge < -0.3 is 15.8 Å². The van der Waals surface area contributed by atoms with Gasteiger partial charge in [0.1, 0.15) is 6.33 Å². The van der Waals surface area contributed by atoms with E-state index in [-0.39, 0.29) is 6.04 Å². The monoisotopic (exact) mass is 272 g/mol. The molecule has 0 aliphatic heterocycles. The molecule has 1 atom stereocenters. The number of nitrogens with one attached hydrogen (secondary N) is 1. The molecule has 3 N–H and O–H groups in total. The van der Waals surface area contributed by atoms with Crippen molar-refractivity contribution in [3.05, 3.63) is 42.2 Å². The van der Waals surface area contributed by atoms with Gasteiger partial charge in [-0.3, -0.25) is 0 Å². The van der Waals surface area contributed by atoms with Crippen LogP contribution in [0.5, 0.6) is 5.75 Å². The van der Waals surface area contributed by atoms with Crippen molar-refractivity contribution in [2.24, 2.45) is 0 Å². The number of ether oxygens (including phenoxy) is 1. The molecule has 5 nitrogen and oxygen atoms in total. The second kappa shape index (κ2) is 6.75. The van der Waals surface area contributed by atoms with Crippen LogP contribution in [0, 0.1) is 0 Å². The van der Waals surface area contributed by atoms with E-state index >= 15 is 0 Å². The Labute approximate surface area is 119 Å². The van der Waals surface area contributed by atoms with Crippen LogP contribution in [0.3, 0.4) is 0 Å². The number of aromatic nitrogens is 2. The van der Waals surface area contributed by atoms with E-state index in [0.29, 0.717) is 17.4 Å². The summed E-state index contributed by atoms with van der Waals surface area (Å²) in [6.07, 6.45) is 3.44. The van der Waals surface area contributed by atoms with Crippen LogP contribution >= 0.6 is 0 Å². The average Bonchev–Trinajstić information content (AvgIpc) is 2.46. The second-order valence-electron chi connectivity index (χ2n) is 4.71. The predicted octanol–water partition coefficient (Wildman–Crippen LogP) is 2.50. The lowest BCUT2D eigenvalue weighted by molar-refractivity contribution is 0.414. The van der Waals surface area contributed by atoms with E-state index in [1.807, 2.05) is 6.07 Å². The van der Waals surface area contributed by atoms with Crippen LogP contribution in [0.4, 0.5) is 11.6 Å². The smallest absolute Gasteiger partial charge is 0.203 e. The largest absolute Gasteiger partial charge is 0.490 e. The third-order valence-corrected chi connectivity index (χ3v) is 3.13. The summed E-state index contributed by atoms with van der Waals surface area (Å²) in [4.78, 5) is 8.09. The van der Waals surface area contributed by atoms with Gasteiger partial charge in [0.25, 0.3) is 0 Å².